The Balaban J connectivity index is 1.44. The Morgan fingerprint density at radius 1 is 1.18 bits per heavy atom. The maximum absolute atomic E-state index is 10.6. The molecule has 1 unspecified atom stereocenters. The van der Waals surface area contributed by atoms with Gasteiger partial charge in [0.1, 0.15) is 18.2 Å². The number of aromatic nitrogens is 4. The lowest BCUT2D eigenvalue weighted by molar-refractivity contribution is 0.166. The number of benzene rings is 1. The maximum Gasteiger partial charge on any atom is 0.156 e. The zero-order chi connectivity index (χ0) is 19.5. The number of hydrogen-bond acceptors (Lipinski definition) is 6. The van der Waals surface area contributed by atoms with Gasteiger partial charge >= 0.3 is 0 Å². The average molecular weight is 379 g/mol. The van der Waals surface area contributed by atoms with Crippen molar-refractivity contribution in [3.63, 3.8) is 0 Å². The van der Waals surface area contributed by atoms with Crippen molar-refractivity contribution in [1.29, 1.82) is 0 Å². The lowest BCUT2D eigenvalue weighted by atomic mass is 10.1. The van der Waals surface area contributed by atoms with Crippen LogP contribution in [0.1, 0.15) is 24.4 Å². The van der Waals surface area contributed by atoms with Crippen LogP contribution >= 0.6 is 0 Å². The Bertz CT molecular complexity index is 928. The highest BCUT2D eigenvalue weighted by Gasteiger charge is 2.33. The molecule has 4 rings (SSSR count). The Kier molecular flexibility index (Phi) is 5.36. The summed E-state index contributed by atoms with van der Waals surface area (Å²) < 4.78 is 2.16. The lowest BCUT2D eigenvalue weighted by Crippen LogP contribution is -2.28. The topological polar surface area (TPSA) is 96.1 Å². The first-order valence-corrected chi connectivity index (χ1v) is 9.59. The molecule has 146 valence electrons. The zero-order valence-corrected chi connectivity index (χ0v) is 15.9. The Labute approximate surface area is 164 Å². The van der Waals surface area contributed by atoms with Crippen LogP contribution in [0.4, 0.5) is 5.82 Å². The van der Waals surface area contributed by atoms with Gasteiger partial charge in [0.05, 0.1) is 12.1 Å². The van der Waals surface area contributed by atoms with E-state index in [1.807, 2.05) is 43.6 Å². The number of aliphatic hydroxyl groups excluding tert-OH is 2. The molecule has 3 atom stereocenters. The van der Waals surface area contributed by atoms with Gasteiger partial charge in [0.15, 0.2) is 5.82 Å². The Morgan fingerprint density at radius 3 is 2.79 bits per heavy atom. The van der Waals surface area contributed by atoms with Crippen LogP contribution in [0.25, 0.3) is 11.4 Å². The Hall–Kier alpha value is -2.77. The smallest absolute Gasteiger partial charge is 0.156 e. The van der Waals surface area contributed by atoms with E-state index in [0.29, 0.717) is 17.6 Å². The summed E-state index contributed by atoms with van der Waals surface area (Å²) in [5.74, 6) is 2.32. The predicted molar refractivity (Wildman–Crippen MR) is 106 cm³/mol. The summed E-state index contributed by atoms with van der Waals surface area (Å²) in [6.07, 6.45) is 4.94. The lowest BCUT2D eigenvalue weighted by Gasteiger charge is -2.18. The minimum absolute atomic E-state index is 0.0745. The van der Waals surface area contributed by atoms with Crippen LogP contribution in [0.5, 0.6) is 0 Å². The molecule has 2 aromatic heterocycles. The molecular weight excluding hydrogens is 354 g/mol. The summed E-state index contributed by atoms with van der Waals surface area (Å²) in [5, 5.41) is 23.2. The van der Waals surface area contributed by atoms with E-state index in [1.165, 1.54) is 0 Å². The second-order valence-corrected chi connectivity index (χ2v) is 7.39. The third-order valence-electron chi connectivity index (χ3n) is 5.20. The van der Waals surface area contributed by atoms with Crippen LogP contribution < -0.4 is 5.32 Å². The van der Waals surface area contributed by atoms with E-state index in [1.54, 1.807) is 0 Å². The van der Waals surface area contributed by atoms with Crippen molar-refractivity contribution in [1.82, 2.24) is 19.5 Å². The number of aliphatic hydroxyl groups is 2. The SMILES string of the molecule is Cc1cc(N[C@@H]2CC(Cn3ccnc3-c3ccccc3)C[C@H]2O)nc(CO)n1. The number of hydrogen-bond donors (Lipinski definition) is 3. The van der Waals surface area contributed by atoms with Crippen LogP contribution in [0.2, 0.25) is 0 Å². The Morgan fingerprint density at radius 2 is 2.00 bits per heavy atom. The third-order valence-corrected chi connectivity index (χ3v) is 5.20. The van der Waals surface area contributed by atoms with Crippen molar-refractivity contribution < 1.29 is 10.2 Å². The number of nitrogens with zero attached hydrogens (tertiary/aromatic N) is 4. The fraction of sp³-hybridized carbons (Fsp3) is 0.381. The van der Waals surface area contributed by atoms with E-state index in [9.17, 15) is 10.2 Å². The normalized spacial score (nSPS) is 21.8. The third kappa shape index (κ3) is 4.05. The number of imidazole rings is 1. The van der Waals surface area contributed by atoms with Gasteiger partial charge in [0, 0.05) is 36.3 Å². The van der Waals surface area contributed by atoms with Gasteiger partial charge in [0.25, 0.3) is 0 Å². The van der Waals surface area contributed by atoms with Crippen molar-refractivity contribution in [3.8, 4) is 11.4 Å². The van der Waals surface area contributed by atoms with E-state index in [2.05, 4.69) is 37.0 Å². The monoisotopic (exact) mass is 379 g/mol. The molecule has 0 spiro atoms. The number of aryl methyl sites for hydroxylation is 1. The van der Waals surface area contributed by atoms with Gasteiger partial charge in [-0.25, -0.2) is 15.0 Å². The largest absolute Gasteiger partial charge is 0.391 e. The van der Waals surface area contributed by atoms with E-state index >= 15 is 0 Å². The van der Waals surface area contributed by atoms with Gasteiger partial charge in [-0.2, -0.15) is 0 Å². The number of rotatable bonds is 6. The minimum atomic E-state index is -0.443. The van der Waals surface area contributed by atoms with Crippen molar-refractivity contribution >= 4 is 5.82 Å². The fourth-order valence-corrected chi connectivity index (χ4v) is 3.97. The molecule has 2 heterocycles. The molecule has 28 heavy (non-hydrogen) atoms. The van der Waals surface area contributed by atoms with Gasteiger partial charge in [0.2, 0.25) is 0 Å². The first kappa shape index (κ1) is 18.6. The second-order valence-electron chi connectivity index (χ2n) is 7.39. The summed E-state index contributed by atoms with van der Waals surface area (Å²) in [4.78, 5) is 13.0. The molecule has 3 N–H and O–H groups in total. The molecule has 7 heteroatoms. The van der Waals surface area contributed by atoms with Crippen molar-refractivity contribution in [3.05, 3.63) is 60.3 Å². The first-order valence-electron chi connectivity index (χ1n) is 9.59. The molecule has 0 amide bonds. The second kappa shape index (κ2) is 8.08. The van der Waals surface area contributed by atoms with Gasteiger partial charge in [-0.05, 0) is 25.7 Å². The highest BCUT2D eigenvalue weighted by molar-refractivity contribution is 5.55. The average Bonchev–Trinajstić information content (AvgIpc) is 3.29. The molecule has 1 aliphatic rings. The molecule has 3 aromatic rings. The van der Waals surface area contributed by atoms with Crippen molar-refractivity contribution in [2.45, 2.75) is 45.1 Å². The maximum atomic E-state index is 10.6. The molecule has 0 saturated heterocycles. The molecule has 0 bridgehead atoms. The van der Waals surface area contributed by atoms with Crippen LogP contribution in [0.3, 0.4) is 0 Å². The summed E-state index contributed by atoms with van der Waals surface area (Å²) >= 11 is 0. The van der Waals surface area contributed by atoms with Crippen molar-refractivity contribution in [2.24, 2.45) is 5.92 Å². The molecule has 0 radical (unpaired) electrons. The van der Waals surface area contributed by atoms with Crippen LogP contribution in [-0.2, 0) is 13.2 Å². The number of anilines is 1. The quantitative estimate of drug-likeness (QED) is 0.609. The van der Waals surface area contributed by atoms with Gasteiger partial charge < -0.3 is 20.1 Å². The molecule has 1 saturated carbocycles. The minimum Gasteiger partial charge on any atom is -0.391 e. The molecule has 0 aliphatic heterocycles. The van der Waals surface area contributed by atoms with Gasteiger partial charge in [-0.3, -0.25) is 0 Å². The van der Waals surface area contributed by atoms with E-state index < -0.39 is 6.10 Å². The standard InChI is InChI=1S/C21H25N5O2/c1-14-9-19(25-20(13-27)23-14)24-17-10-15(11-18(17)28)12-26-8-7-22-21(26)16-5-3-2-4-6-16/h2-9,15,17-18,27-28H,10-13H2,1H3,(H,23,24,25)/t15?,17-,18-/m1/s1. The first-order chi connectivity index (χ1) is 13.6. The van der Waals surface area contributed by atoms with Crippen molar-refractivity contribution in [2.75, 3.05) is 5.32 Å². The summed E-state index contributed by atoms with van der Waals surface area (Å²) in [7, 11) is 0. The summed E-state index contributed by atoms with van der Waals surface area (Å²) in [6.45, 7) is 2.48. The molecule has 1 fully saturated rings. The van der Waals surface area contributed by atoms with Crippen LogP contribution in [0, 0.1) is 12.8 Å². The molecule has 7 nitrogen and oxygen atoms in total. The van der Waals surface area contributed by atoms with Gasteiger partial charge in [-0.15, -0.1) is 0 Å². The highest BCUT2D eigenvalue weighted by atomic mass is 16.3. The van der Waals surface area contributed by atoms with Crippen LogP contribution in [0.15, 0.2) is 48.8 Å². The molecule has 1 aliphatic carbocycles. The molecule has 1 aromatic carbocycles. The summed E-state index contributed by atoms with van der Waals surface area (Å²) in [5.41, 5.74) is 1.88. The van der Waals surface area contributed by atoms with Crippen LogP contribution in [-0.4, -0.2) is 41.9 Å². The molecular formula is C21H25N5O2. The van der Waals surface area contributed by atoms with E-state index in [-0.39, 0.29) is 12.6 Å². The van der Waals surface area contributed by atoms with E-state index in [0.717, 1.165) is 36.5 Å². The summed E-state index contributed by atoms with van der Waals surface area (Å²) in [6, 6.07) is 11.9. The van der Waals surface area contributed by atoms with Gasteiger partial charge in [-0.1, -0.05) is 30.3 Å². The van der Waals surface area contributed by atoms with E-state index in [4.69, 9.17) is 0 Å². The number of nitrogens with one attached hydrogen (secondary N) is 1. The fourth-order valence-electron chi connectivity index (χ4n) is 3.97. The predicted octanol–water partition coefficient (Wildman–Crippen LogP) is 2.39. The highest BCUT2D eigenvalue weighted by Crippen LogP contribution is 2.31. The zero-order valence-electron chi connectivity index (χ0n) is 15.9.